The number of carbonyl (C=O) groups is 1. The molecule has 0 fully saturated rings. The van der Waals surface area contributed by atoms with Crippen LogP contribution in [0.5, 0.6) is 11.5 Å². The zero-order chi connectivity index (χ0) is 25.8. The van der Waals surface area contributed by atoms with Gasteiger partial charge in [-0.3, -0.25) is 10.1 Å². The first-order valence-electron chi connectivity index (χ1n) is 10.9. The highest BCUT2D eigenvalue weighted by atomic mass is 35.5. The topological polar surface area (TPSA) is 100 Å². The van der Waals surface area contributed by atoms with Crippen molar-refractivity contribution in [1.82, 2.24) is 0 Å². The van der Waals surface area contributed by atoms with Gasteiger partial charge in [-0.15, -0.1) is 0 Å². The predicted octanol–water partition coefficient (Wildman–Crippen LogP) is 6.02. The van der Waals surface area contributed by atoms with Gasteiger partial charge in [0, 0.05) is 22.8 Å². The molecule has 1 aliphatic rings. The number of hydrogen-bond donors (Lipinski definition) is 0. The lowest BCUT2D eigenvalue weighted by Gasteiger charge is -2.15. The molecule has 0 saturated heterocycles. The first-order valence-corrected chi connectivity index (χ1v) is 11.2. The average Bonchev–Trinajstić information content (AvgIpc) is 3.20. The second-order valence-electron chi connectivity index (χ2n) is 7.74. The highest BCUT2D eigenvalue weighted by Gasteiger charge is 2.26. The quantitative estimate of drug-likeness (QED) is 0.159. The van der Waals surface area contributed by atoms with E-state index in [0.717, 1.165) is 0 Å². The van der Waals surface area contributed by atoms with Crippen LogP contribution in [0.4, 0.5) is 10.1 Å². The Bertz CT molecular complexity index is 1420. The van der Waals surface area contributed by atoms with Crippen LogP contribution < -0.4 is 9.47 Å². The molecule has 0 bridgehead atoms. The molecule has 0 amide bonds. The normalized spacial score (nSPS) is 13.9. The van der Waals surface area contributed by atoms with E-state index in [1.54, 1.807) is 56.3 Å². The van der Waals surface area contributed by atoms with Crippen LogP contribution in [0.1, 0.15) is 29.2 Å². The lowest BCUT2D eigenvalue weighted by Crippen LogP contribution is -2.06. The molecule has 8 nitrogen and oxygen atoms in total. The molecular weight excluding hydrogens is 491 g/mol. The Balaban J connectivity index is 1.63. The Hall–Kier alpha value is -4.24. The van der Waals surface area contributed by atoms with E-state index >= 15 is 0 Å². The SMILES string of the molecule is CCOc1cc(/C=C2\N=C(c3ccc(C)c([N+](=O)[O-])c3)OC2=O)cc(Cl)c1OCc1ccccc1F. The molecule has 0 aliphatic carbocycles. The smallest absolute Gasteiger partial charge is 0.363 e. The molecule has 184 valence electrons. The summed E-state index contributed by atoms with van der Waals surface area (Å²) >= 11 is 6.44. The number of nitro groups is 1. The number of cyclic esters (lactones) is 1. The summed E-state index contributed by atoms with van der Waals surface area (Å²) < 4.78 is 30.6. The summed E-state index contributed by atoms with van der Waals surface area (Å²) in [6, 6.07) is 13.8. The van der Waals surface area contributed by atoms with Crippen LogP contribution >= 0.6 is 11.6 Å². The van der Waals surface area contributed by atoms with Gasteiger partial charge in [0.25, 0.3) is 5.69 Å². The van der Waals surface area contributed by atoms with E-state index in [2.05, 4.69) is 4.99 Å². The van der Waals surface area contributed by atoms with Crippen LogP contribution in [0.3, 0.4) is 0 Å². The van der Waals surface area contributed by atoms with Crippen molar-refractivity contribution in [1.29, 1.82) is 0 Å². The van der Waals surface area contributed by atoms with Crippen LogP contribution in [0.25, 0.3) is 6.08 Å². The molecule has 0 atom stereocenters. The van der Waals surface area contributed by atoms with E-state index in [9.17, 15) is 19.3 Å². The van der Waals surface area contributed by atoms with Crippen molar-refractivity contribution < 1.29 is 28.3 Å². The maximum absolute atomic E-state index is 14.0. The number of carbonyl (C=O) groups excluding carboxylic acids is 1. The number of ether oxygens (including phenoxy) is 3. The van der Waals surface area contributed by atoms with Gasteiger partial charge in [-0.1, -0.05) is 35.9 Å². The molecule has 0 spiro atoms. The van der Waals surface area contributed by atoms with Gasteiger partial charge >= 0.3 is 5.97 Å². The Morgan fingerprint density at radius 3 is 2.67 bits per heavy atom. The van der Waals surface area contributed by atoms with Crippen LogP contribution in [0, 0.1) is 22.9 Å². The Labute approximate surface area is 210 Å². The number of hydrogen-bond acceptors (Lipinski definition) is 7. The predicted molar refractivity (Wildman–Crippen MR) is 132 cm³/mol. The third kappa shape index (κ3) is 5.36. The number of nitrogens with zero attached hydrogens (tertiary/aromatic N) is 2. The molecular formula is C26H20ClFN2O6. The second kappa shape index (κ2) is 10.6. The van der Waals surface area contributed by atoms with E-state index < -0.39 is 16.7 Å². The van der Waals surface area contributed by atoms with E-state index in [1.807, 2.05) is 0 Å². The summed E-state index contributed by atoms with van der Waals surface area (Å²) in [7, 11) is 0. The summed E-state index contributed by atoms with van der Waals surface area (Å²) in [6.07, 6.45) is 1.45. The van der Waals surface area contributed by atoms with E-state index in [-0.39, 0.29) is 34.7 Å². The first kappa shape index (κ1) is 24.9. The van der Waals surface area contributed by atoms with Gasteiger partial charge in [-0.25, -0.2) is 14.2 Å². The molecule has 36 heavy (non-hydrogen) atoms. The zero-order valence-electron chi connectivity index (χ0n) is 19.3. The monoisotopic (exact) mass is 510 g/mol. The summed E-state index contributed by atoms with van der Waals surface area (Å²) in [5.41, 5.74) is 1.48. The molecule has 1 heterocycles. The maximum atomic E-state index is 14.0. The fourth-order valence-corrected chi connectivity index (χ4v) is 3.74. The summed E-state index contributed by atoms with van der Waals surface area (Å²) in [6.45, 7) is 3.64. The number of aryl methyl sites for hydroxylation is 1. The largest absolute Gasteiger partial charge is 0.490 e. The van der Waals surface area contributed by atoms with Gasteiger partial charge < -0.3 is 14.2 Å². The molecule has 10 heteroatoms. The molecule has 0 unspecified atom stereocenters. The third-order valence-electron chi connectivity index (χ3n) is 5.24. The van der Waals surface area contributed by atoms with Gasteiger partial charge in [-0.05, 0) is 49.8 Å². The number of benzene rings is 3. The van der Waals surface area contributed by atoms with Gasteiger partial charge in [0.2, 0.25) is 5.90 Å². The average molecular weight is 511 g/mol. The first-order chi connectivity index (χ1) is 17.3. The van der Waals surface area contributed by atoms with E-state index in [0.29, 0.717) is 34.6 Å². The van der Waals surface area contributed by atoms with Gasteiger partial charge in [-0.2, -0.15) is 0 Å². The molecule has 0 N–H and O–H groups in total. The van der Waals surface area contributed by atoms with Crippen LogP contribution in [-0.4, -0.2) is 23.4 Å². The highest BCUT2D eigenvalue weighted by molar-refractivity contribution is 6.32. The number of esters is 1. The fourth-order valence-electron chi connectivity index (χ4n) is 3.47. The minimum atomic E-state index is -0.720. The van der Waals surface area contributed by atoms with Crippen LogP contribution in [0.2, 0.25) is 5.02 Å². The molecule has 3 aromatic rings. The van der Waals surface area contributed by atoms with Gasteiger partial charge in [0.1, 0.15) is 12.4 Å². The molecule has 1 aliphatic heterocycles. The number of rotatable bonds is 8. The van der Waals surface area contributed by atoms with Crippen molar-refractivity contribution in [2.45, 2.75) is 20.5 Å². The van der Waals surface area contributed by atoms with Crippen molar-refractivity contribution in [2.24, 2.45) is 4.99 Å². The Kier molecular flexibility index (Phi) is 7.30. The number of halogens is 2. The molecule has 0 saturated carbocycles. The second-order valence-corrected chi connectivity index (χ2v) is 8.14. The van der Waals surface area contributed by atoms with Gasteiger partial charge in [0.15, 0.2) is 17.2 Å². The lowest BCUT2D eigenvalue weighted by atomic mass is 10.1. The van der Waals surface area contributed by atoms with Crippen molar-refractivity contribution >= 4 is 35.2 Å². The van der Waals surface area contributed by atoms with Crippen molar-refractivity contribution in [3.05, 3.63) is 104 Å². The summed E-state index contributed by atoms with van der Waals surface area (Å²) in [4.78, 5) is 27.4. The zero-order valence-corrected chi connectivity index (χ0v) is 20.0. The van der Waals surface area contributed by atoms with Crippen LogP contribution in [0.15, 0.2) is 65.3 Å². The van der Waals surface area contributed by atoms with Gasteiger partial charge in [0.05, 0.1) is 16.6 Å². The standard InChI is InChI=1S/C26H20ClFN2O6/c1-3-34-23-12-16(10-19(27)24(23)35-14-18-6-4-5-7-20(18)28)11-21-26(31)36-25(29-21)17-9-8-15(2)22(13-17)30(32)33/h4-13H,3,14H2,1-2H3/b21-11-. The summed E-state index contributed by atoms with van der Waals surface area (Å²) in [5, 5.41) is 11.4. The maximum Gasteiger partial charge on any atom is 0.363 e. The molecule has 4 rings (SSSR count). The molecule has 0 radical (unpaired) electrons. The molecule has 3 aromatic carbocycles. The van der Waals surface area contributed by atoms with Crippen molar-refractivity contribution in [2.75, 3.05) is 6.61 Å². The summed E-state index contributed by atoms with van der Waals surface area (Å²) in [5.74, 6) is -0.634. The molecule has 0 aromatic heterocycles. The van der Waals surface area contributed by atoms with Crippen molar-refractivity contribution in [3.63, 3.8) is 0 Å². The number of nitro benzene ring substituents is 1. The fraction of sp³-hybridized carbons (Fsp3) is 0.154. The van der Waals surface area contributed by atoms with E-state index in [1.165, 1.54) is 18.2 Å². The van der Waals surface area contributed by atoms with E-state index in [4.69, 9.17) is 25.8 Å². The minimum absolute atomic E-state index is 0.0215. The highest BCUT2D eigenvalue weighted by Crippen LogP contribution is 2.38. The lowest BCUT2D eigenvalue weighted by molar-refractivity contribution is -0.385. The Morgan fingerprint density at radius 1 is 1.17 bits per heavy atom. The number of aliphatic imine (C=N–C) groups is 1. The Morgan fingerprint density at radius 2 is 1.94 bits per heavy atom. The minimum Gasteiger partial charge on any atom is -0.490 e. The third-order valence-corrected chi connectivity index (χ3v) is 5.52. The van der Waals surface area contributed by atoms with Crippen molar-refractivity contribution in [3.8, 4) is 11.5 Å². The van der Waals surface area contributed by atoms with Crippen LogP contribution in [-0.2, 0) is 16.1 Å².